The van der Waals surface area contributed by atoms with E-state index in [1.165, 1.54) is 7.11 Å². The molecule has 3 unspecified atom stereocenters. The molecule has 0 saturated carbocycles. The molecular weight excluding hydrogens is 312 g/mol. The van der Waals surface area contributed by atoms with Gasteiger partial charge in [-0.1, -0.05) is 20.8 Å². The molecule has 5 atom stereocenters. The minimum absolute atomic E-state index is 0.0873. The number of ether oxygens (including phenoxy) is 2. The molecule has 1 aliphatic rings. The summed E-state index contributed by atoms with van der Waals surface area (Å²) in [4.78, 5) is 33.4. The third-order valence-corrected chi connectivity index (χ3v) is 4.17. The summed E-state index contributed by atoms with van der Waals surface area (Å²) in [7, 11) is 4.08. The lowest BCUT2D eigenvalue weighted by Crippen LogP contribution is -2.52. The van der Waals surface area contributed by atoms with E-state index in [1.54, 1.807) is 20.8 Å². The van der Waals surface area contributed by atoms with Gasteiger partial charge in [0.15, 0.2) is 6.10 Å². The van der Waals surface area contributed by atoms with Crippen molar-refractivity contribution in [2.24, 2.45) is 5.41 Å². The molecular formula is C12H23BNO7P. The van der Waals surface area contributed by atoms with Crippen molar-refractivity contribution in [3.8, 4) is 0 Å². The van der Waals surface area contributed by atoms with Gasteiger partial charge in [-0.3, -0.25) is 4.79 Å². The van der Waals surface area contributed by atoms with Gasteiger partial charge in [-0.2, -0.15) is 13.9 Å². The number of amides is 1. The van der Waals surface area contributed by atoms with E-state index in [0.717, 1.165) is 7.11 Å². The van der Waals surface area contributed by atoms with E-state index < -0.39 is 37.8 Å². The van der Waals surface area contributed by atoms with E-state index in [1.807, 2.05) is 0 Å². The highest BCUT2D eigenvalue weighted by molar-refractivity contribution is 7.52. The molecule has 0 aliphatic carbocycles. The highest BCUT2D eigenvalue weighted by atomic mass is 31.2. The highest BCUT2D eigenvalue weighted by Crippen LogP contribution is 2.50. The molecule has 0 aromatic rings. The topological polar surface area (TPSA) is 109 Å². The van der Waals surface area contributed by atoms with Crippen LogP contribution in [-0.4, -0.2) is 63.7 Å². The Hall–Kier alpha value is -0.275. The SMILES string of the molecule is [B][C@@H]1O[C@H](COC)C(O[P+]([O-])(O)OC)C1NC(=O)C(C)(C)C. The van der Waals surface area contributed by atoms with Gasteiger partial charge in [0.1, 0.15) is 14.0 Å². The summed E-state index contributed by atoms with van der Waals surface area (Å²) in [6.45, 7) is 5.29. The van der Waals surface area contributed by atoms with Crippen molar-refractivity contribution < 1.29 is 33.1 Å². The zero-order valence-corrected chi connectivity index (χ0v) is 14.3. The number of phosphoric acid groups is 1. The molecule has 10 heteroatoms. The molecule has 1 saturated heterocycles. The number of rotatable bonds is 6. The number of hydrogen-bond donors (Lipinski definition) is 2. The Bertz CT molecular complexity index is 390. The Morgan fingerprint density at radius 1 is 1.45 bits per heavy atom. The maximum absolute atomic E-state index is 12.1. The lowest BCUT2D eigenvalue weighted by atomic mass is 9.88. The van der Waals surface area contributed by atoms with Gasteiger partial charge < -0.3 is 19.7 Å². The van der Waals surface area contributed by atoms with Gasteiger partial charge >= 0.3 is 8.17 Å². The second-order valence-corrected chi connectivity index (χ2v) is 7.58. The standard InChI is InChI=1S/C12H23BNO7P/c1-12(2,3)11(15)14-8-9(21-22(16,17)19-5)7(6-18-4)20-10(8)13/h7-10H,6H2,1-5H3,(H,14,15)(H,16,17)/t7-,8?,9?,10-/m1/s1. The van der Waals surface area contributed by atoms with Crippen LogP contribution in [0, 0.1) is 5.41 Å². The molecule has 1 aliphatic heterocycles. The lowest BCUT2D eigenvalue weighted by molar-refractivity contribution is -0.247. The number of hydrogen-bond acceptors (Lipinski definition) is 7. The Kier molecular flexibility index (Phi) is 6.77. The van der Waals surface area contributed by atoms with E-state index in [4.69, 9.17) is 21.8 Å². The number of nitrogens with one attached hydrogen (secondary N) is 1. The van der Waals surface area contributed by atoms with Crippen LogP contribution in [-0.2, 0) is 23.3 Å². The first-order chi connectivity index (χ1) is 10.0. The number of methoxy groups -OCH3 is 1. The van der Waals surface area contributed by atoms with Gasteiger partial charge in [0.05, 0.1) is 19.8 Å². The molecule has 8 nitrogen and oxygen atoms in total. The Morgan fingerprint density at radius 3 is 2.50 bits per heavy atom. The van der Waals surface area contributed by atoms with Crippen LogP contribution in [0.1, 0.15) is 20.8 Å². The average Bonchev–Trinajstić information content (AvgIpc) is 2.66. The fourth-order valence-electron chi connectivity index (χ4n) is 1.94. The fourth-order valence-corrected chi connectivity index (χ4v) is 2.60. The van der Waals surface area contributed by atoms with E-state index in [2.05, 4.69) is 9.84 Å². The van der Waals surface area contributed by atoms with Crippen LogP contribution in [0.15, 0.2) is 0 Å². The third-order valence-electron chi connectivity index (χ3n) is 3.20. The molecule has 2 radical (unpaired) electrons. The van der Waals surface area contributed by atoms with Crippen molar-refractivity contribution in [3.05, 3.63) is 0 Å². The Balaban J connectivity index is 2.92. The van der Waals surface area contributed by atoms with Crippen molar-refractivity contribution >= 4 is 21.9 Å². The molecule has 1 fully saturated rings. The van der Waals surface area contributed by atoms with Crippen LogP contribution >= 0.6 is 8.17 Å². The van der Waals surface area contributed by atoms with Crippen LogP contribution in [0.25, 0.3) is 0 Å². The van der Waals surface area contributed by atoms with Crippen molar-refractivity contribution in [1.82, 2.24) is 5.32 Å². The first-order valence-corrected chi connectivity index (χ1v) is 8.29. The summed E-state index contributed by atoms with van der Waals surface area (Å²) in [5.74, 6) is -0.284. The van der Waals surface area contributed by atoms with Crippen LogP contribution in [0.3, 0.4) is 0 Å². The summed E-state index contributed by atoms with van der Waals surface area (Å²) < 4.78 is 20.0. The number of phosphoric ester groups is 1. The van der Waals surface area contributed by atoms with Crippen molar-refractivity contribution in [3.63, 3.8) is 0 Å². The van der Waals surface area contributed by atoms with Gasteiger partial charge in [0, 0.05) is 18.5 Å². The monoisotopic (exact) mass is 335 g/mol. The van der Waals surface area contributed by atoms with Gasteiger partial charge in [-0.05, 0) is 0 Å². The zero-order valence-electron chi connectivity index (χ0n) is 13.4. The van der Waals surface area contributed by atoms with Crippen LogP contribution in [0.2, 0.25) is 0 Å². The zero-order chi connectivity index (χ0) is 17.1. The van der Waals surface area contributed by atoms with Gasteiger partial charge in [0.25, 0.3) is 0 Å². The van der Waals surface area contributed by atoms with Gasteiger partial charge in [-0.25, -0.2) is 0 Å². The Labute approximate surface area is 132 Å². The number of carbonyl (C=O) groups is 1. The number of carbonyl (C=O) groups excluding carboxylic acids is 1. The van der Waals surface area contributed by atoms with Crippen LogP contribution in [0.5, 0.6) is 0 Å². The normalized spacial score (nSPS) is 31.8. The van der Waals surface area contributed by atoms with Crippen molar-refractivity contribution in [2.75, 3.05) is 20.8 Å². The van der Waals surface area contributed by atoms with E-state index in [9.17, 15) is 14.6 Å². The summed E-state index contributed by atoms with van der Waals surface area (Å²) in [5.41, 5.74) is -0.659. The molecule has 126 valence electrons. The summed E-state index contributed by atoms with van der Waals surface area (Å²) in [5, 5.41) is 2.70. The molecule has 0 bridgehead atoms. The minimum atomic E-state index is -4.27. The lowest BCUT2D eigenvalue weighted by Gasteiger charge is -2.29. The molecule has 2 N–H and O–H groups in total. The summed E-state index contributed by atoms with van der Waals surface area (Å²) >= 11 is 0. The molecule has 1 heterocycles. The summed E-state index contributed by atoms with van der Waals surface area (Å²) in [6, 6.07) is -1.70. The fraction of sp³-hybridized carbons (Fsp3) is 0.917. The molecule has 1 rings (SSSR count). The smallest absolute Gasteiger partial charge is 0.376 e. The van der Waals surface area contributed by atoms with Crippen LogP contribution in [0.4, 0.5) is 0 Å². The average molecular weight is 335 g/mol. The maximum atomic E-state index is 12.1. The quantitative estimate of drug-likeness (QED) is 0.479. The predicted octanol–water partition coefficient (Wildman–Crippen LogP) is -0.881. The largest absolute Gasteiger partial charge is 0.606 e. The highest BCUT2D eigenvalue weighted by Gasteiger charge is 2.49. The third kappa shape index (κ3) is 5.13. The predicted molar refractivity (Wildman–Crippen MR) is 78.7 cm³/mol. The van der Waals surface area contributed by atoms with E-state index in [0.29, 0.717) is 0 Å². The minimum Gasteiger partial charge on any atom is -0.606 e. The van der Waals surface area contributed by atoms with E-state index in [-0.39, 0.29) is 12.5 Å². The second kappa shape index (κ2) is 7.53. The van der Waals surface area contributed by atoms with Crippen molar-refractivity contribution in [2.45, 2.75) is 45.0 Å². The Morgan fingerprint density at radius 2 is 2.05 bits per heavy atom. The molecule has 22 heavy (non-hydrogen) atoms. The molecule has 1 amide bonds. The van der Waals surface area contributed by atoms with Crippen molar-refractivity contribution in [1.29, 1.82) is 0 Å². The molecule has 0 aromatic carbocycles. The first kappa shape index (κ1) is 19.8. The van der Waals surface area contributed by atoms with Crippen LogP contribution < -0.4 is 10.2 Å². The summed E-state index contributed by atoms with van der Waals surface area (Å²) in [6.07, 6.45) is -1.68. The van der Waals surface area contributed by atoms with Gasteiger partial charge in [-0.15, -0.1) is 0 Å². The van der Waals surface area contributed by atoms with Gasteiger partial charge in [0.2, 0.25) is 5.91 Å². The van der Waals surface area contributed by atoms with E-state index >= 15 is 0 Å². The maximum Gasteiger partial charge on any atom is 0.376 e. The molecule has 0 aromatic heterocycles. The molecule has 0 spiro atoms. The first-order valence-electron chi connectivity index (χ1n) is 6.79. The second-order valence-electron chi connectivity index (χ2n) is 6.06.